The highest BCUT2D eigenvalue weighted by Gasteiger charge is 2.30. The van der Waals surface area contributed by atoms with Crippen LogP contribution in [0.4, 0.5) is 0 Å². The molecule has 1 aliphatic carbocycles. The van der Waals surface area contributed by atoms with Crippen molar-refractivity contribution in [3.05, 3.63) is 23.4 Å². The standard InChI is InChI=1S/C14H19NO2S/c1-10(2)9-18-7-6-15(3)12-5-4-11(8-16)13(17)14(12)18/h4-5,8,10H,6-7,9H2,1-3H3. The molecule has 0 aromatic carbocycles. The van der Waals surface area contributed by atoms with Crippen LogP contribution in [0.25, 0.3) is 0 Å². The van der Waals surface area contributed by atoms with Gasteiger partial charge in [0, 0.05) is 19.3 Å². The maximum Gasteiger partial charge on any atom is 0.203 e. The second-order valence-corrected chi connectivity index (χ2v) is 7.26. The molecule has 3 nitrogen and oxygen atoms in total. The second-order valence-electron chi connectivity index (χ2n) is 5.13. The number of carbonyl (C=O) groups excluding carboxylic acids is 2. The Balaban J connectivity index is 2.49. The first-order valence-electron chi connectivity index (χ1n) is 6.22. The van der Waals surface area contributed by atoms with E-state index in [0.717, 1.165) is 28.6 Å². The Morgan fingerprint density at radius 2 is 2.17 bits per heavy atom. The molecule has 0 amide bonds. The third-order valence-electron chi connectivity index (χ3n) is 3.16. The molecule has 0 fully saturated rings. The van der Waals surface area contributed by atoms with E-state index in [4.69, 9.17) is 0 Å². The molecule has 18 heavy (non-hydrogen) atoms. The molecule has 0 saturated carbocycles. The molecular weight excluding hydrogens is 246 g/mol. The van der Waals surface area contributed by atoms with Crippen molar-refractivity contribution in [1.29, 1.82) is 0 Å². The predicted molar refractivity (Wildman–Crippen MR) is 77.0 cm³/mol. The fraction of sp³-hybridized carbons (Fsp3) is 0.500. The minimum Gasteiger partial charge on any atom is -0.373 e. The van der Waals surface area contributed by atoms with Crippen LogP contribution in [0.3, 0.4) is 0 Å². The Morgan fingerprint density at radius 1 is 1.44 bits per heavy atom. The molecule has 0 aromatic heterocycles. The number of ketones is 1. The normalized spacial score (nSPS) is 23.8. The molecule has 0 bridgehead atoms. The van der Waals surface area contributed by atoms with E-state index in [2.05, 4.69) is 18.7 Å². The van der Waals surface area contributed by atoms with Gasteiger partial charge >= 0.3 is 0 Å². The number of hydrogen-bond acceptors (Lipinski definition) is 3. The summed E-state index contributed by atoms with van der Waals surface area (Å²) in [6.45, 7) is 5.35. The first-order chi connectivity index (χ1) is 8.54. The van der Waals surface area contributed by atoms with Gasteiger partial charge in [0.05, 0.1) is 16.1 Å². The molecule has 1 unspecified atom stereocenters. The van der Waals surface area contributed by atoms with E-state index >= 15 is 0 Å². The molecular formula is C14H19NO2S. The Labute approximate surface area is 110 Å². The van der Waals surface area contributed by atoms with Crippen molar-refractivity contribution >= 4 is 27.4 Å². The van der Waals surface area contributed by atoms with Crippen LogP contribution in [0.15, 0.2) is 23.4 Å². The van der Waals surface area contributed by atoms with Crippen molar-refractivity contribution in [2.24, 2.45) is 5.92 Å². The molecule has 2 aliphatic rings. The zero-order valence-corrected chi connectivity index (χ0v) is 11.9. The molecule has 4 heteroatoms. The Kier molecular flexibility index (Phi) is 3.85. The number of carbonyl (C=O) groups is 2. The molecule has 0 saturated heterocycles. The minimum atomic E-state index is -0.0574. The van der Waals surface area contributed by atoms with Crippen LogP contribution in [-0.4, -0.2) is 46.9 Å². The topological polar surface area (TPSA) is 37.4 Å². The van der Waals surface area contributed by atoms with Crippen LogP contribution in [0.2, 0.25) is 0 Å². The van der Waals surface area contributed by atoms with Crippen LogP contribution >= 0.6 is 10.5 Å². The quantitative estimate of drug-likeness (QED) is 0.442. The van der Waals surface area contributed by atoms with Gasteiger partial charge in [-0.1, -0.05) is 13.8 Å². The zero-order chi connectivity index (χ0) is 13.3. The van der Waals surface area contributed by atoms with Gasteiger partial charge in [0.1, 0.15) is 0 Å². The van der Waals surface area contributed by atoms with Crippen molar-refractivity contribution < 1.29 is 9.59 Å². The summed E-state index contributed by atoms with van der Waals surface area (Å²) < 4.78 is 0. The predicted octanol–water partition coefficient (Wildman–Crippen LogP) is 1.62. The maximum absolute atomic E-state index is 12.3. The van der Waals surface area contributed by atoms with E-state index in [-0.39, 0.29) is 16.3 Å². The average Bonchev–Trinajstić information content (AvgIpc) is 2.32. The van der Waals surface area contributed by atoms with E-state index in [1.54, 1.807) is 6.08 Å². The lowest BCUT2D eigenvalue weighted by Crippen LogP contribution is -2.38. The third kappa shape index (κ3) is 2.34. The number of fused-ring (bicyclic) bond motifs is 1. The van der Waals surface area contributed by atoms with Crippen molar-refractivity contribution in [3.63, 3.8) is 0 Å². The maximum atomic E-state index is 12.3. The van der Waals surface area contributed by atoms with Crippen molar-refractivity contribution in [2.75, 3.05) is 25.1 Å². The molecule has 1 heterocycles. The highest BCUT2D eigenvalue weighted by Crippen LogP contribution is 2.31. The molecule has 0 radical (unpaired) electrons. The summed E-state index contributed by atoms with van der Waals surface area (Å²) in [5.41, 5.74) is 1.31. The molecule has 0 spiro atoms. The van der Waals surface area contributed by atoms with Crippen LogP contribution in [-0.2, 0) is 9.59 Å². The van der Waals surface area contributed by atoms with Crippen LogP contribution in [0.5, 0.6) is 0 Å². The van der Waals surface area contributed by atoms with Crippen LogP contribution in [0.1, 0.15) is 13.8 Å². The number of aldehydes is 1. The summed E-state index contributed by atoms with van der Waals surface area (Å²) in [5, 5.41) is 0. The summed E-state index contributed by atoms with van der Waals surface area (Å²) in [5.74, 6) is 2.58. The second kappa shape index (κ2) is 5.22. The molecule has 0 aromatic rings. The number of Topliss-reactive ketones (excluding diaryl/α,β-unsaturated/α-hetero) is 1. The highest BCUT2D eigenvalue weighted by atomic mass is 32.2. The largest absolute Gasteiger partial charge is 0.373 e. The summed E-state index contributed by atoms with van der Waals surface area (Å²) in [4.78, 5) is 26.2. The first kappa shape index (κ1) is 13.3. The van der Waals surface area contributed by atoms with Gasteiger partial charge in [0.15, 0.2) is 6.29 Å². The van der Waals surface area contributed by atoms with Crippen molar-refractivity contribution in [2.45, 2.75) is 13.8 Å². The van der Waals surface area contributed by atoms with E-state index < -0.39 is 0 Å². The molecule has 1 aliphatic heterocycles. The van der Waals surface area contributed by atoms with Gasteiger partial charge in [0.25, 0.3) is 0 Å². The van der Waals surface area contributed by atoms with Crippen molar-refractivity contribution in [3.8, 4) is 0 Å². The van der Waals surface area contributed by atoms with E-state index in [0.29, 0.717) is 17.8 Å². The fourth-order valence-electron chi connectivity index (χ4n) is 2.28. The lowest BCUT2D eigenvalue weighted by Gasteiger charge is -2.34. The number of rotatable bonds is 3. The smallest absolute Gasteiger partial charge is 0.203 e. The lowest BCUT2D eigenvalue weighted by molar-refractivity contribution is -0.112. The van der Waals surface area contributed by atoms with Gasteiger partial charge in [-0.2, -0.15) is 10.5 Å². The molecule has 1 atom stereocenters. The number of allylic oxidation sites excluding steroid dienone is 4. The van der Waals surface area contributed by atoms with E-state index in [9.17, 15) is 9.59 Å². The lowest BCUT2D eigenvalue weighted by atomic mass is 10.0. The fourth-order valence-corrected chi connectivity index (χ4v) is 5.01. The highest BCUT2D eigenvalue weighted by molar-refractivity contribution is 8.17. The summed E-state index contributed by atoms with van der Waals surface area (Å²) in [7, 11) is 2.00. The monoisotopic (exact) mass is 265 g/mol. The van der Waals surface area contributed by atoms with E-state index in [1.165, 1.54) is 0 Å². The average molecular weight is 265 g/mol. The number of nitrogens with zero attached hydrogens (tertiary/aromatic N) is 1. The Bertz CT molecular complexity index is 486. The summed E-state index contributed by atoms with van der Waals surface area (Å²) in [6, 6.07) is 0. The molecule has 98 valence electrons. The zero-order valence-electron chi connectivity index (χ0n) is 11.1. The molecule has 2 rings (SSSR count). The SMILES string of the molecule is CC(C)CS1=C2C(=O)C(C=O)=CC=C2N(C)CC1. The minimum absolute atomic E-state index is 0.00691. The van der Waals surface area contributed by atoms with Gasteiger partial charge in [-0.25, -0.2) is 0 Å². The van der Waals surface area contributed by atoms with Gasteiger partial charge < -0.3 is 4.90 Å². The van der Waals surface area contributed by atoms with Crippen molar-refractivity contribution in [1.82, 2.24) is 4.90 Å². The summed E-state index contributed by atoms with van der Waals surface area (Å²) in [6.07, 6.45) is 4.24. The van der Waals surface area contributed by atoms with Crippen LogP contribution in [0, 0.1) is 5.92 Å². The number of hydrogen-bond donors (Lipinski definition) is 0. The Hall–Kier alpha value is -1.16. The van der Waals surface area contributed by atoms with Gasteiger partial charge in [0.2, 0.25) is 5.78 Å². The van der Waals surface area contributed by atoms with Gasteiger partial charge in [-0.05, 0) is 23.8 Å². The third-order valence-corrected chi connectivity index (χ3v) is 5.87. The summed E-state index contributed by atoms with van der Waals surface area (Å²) >= 11 is 0. The first-order valence-corrected chi connectivity index (χ1v) is 7.78. The van der Waals surface area contributed by atoms with Gasteiger partial charge in [-0.3, -0.25) is 9.59 Å². The molecule has 0 N–H and O–H groups in total. The van der Waals surface area contributed by atoms with E-state index in [1.807, 2.05) is 13.1 Å². The Morgan fingerprint density at radius 3 is 2.78 bits per heavy atom. The van der Waals surface area contributed by atoms with Gasteiger partial charge in [-0.15, -0.1) is 0 Å². The van der Waals surface area contributed by atoms with Crippen LogP contribution < -0.4 is 0 Å².